The van der Waals surface area contributed by atoms with Crippen LogP contribution in [0.1, 0.15) is 23.6 Å². The van der Waals surface area contributed by atoms with Gasteiger partial charge in [-0.2, -0.15) is 0 Å². The summed E-state index contributed by atoms with van der Waals surface area (Å²) in [4.78, 5) is 4.66. The number of guanidine groups is 1. The van der Waals surface area contributed by atoms with Crippen LogP contribution in [0.5, 0.6) is 11.5 Å². The molecule has 0 radical (unpaired) electrons. The number of benzene rings is 2. The Kier molecular flexibility index (Phi) is 9.87. The highest BCUT2D eigenvalue weighted by molar-refractivity contribution is 14.0. The van der Waals surface area contributed by atoms with Gasteiger partial charge in [0.05, 0.1) is 20.8 Å². The highest BCUT2D eigenvalue weighted by Crippen LogP contribution is 2.27. The maximum Gasteiger partial charge on any atom is 0.191 e. The van der Waals surface area contributed by atoms with E-state index >= 15 is 0 Å². The van der Waals surface area contributed by atoms with E-state index in [2.05, 4.69) is 53.7 Å². The van der Waals surface area contributed by atoms with Crippen LogP contribution in [0.4, 0.5) is 0 Å². The lowest BCUT2D eigenvalue weighted by Gasteiger charge is -2.13. The maximum absolute atomic E-state index is 5.34. The SMILES string of the molecule is CCNC(=NCc1ccc(OC)c(OC)c1)NCc1ccccc1C.I. The third kappa shape index (κ3) is 6.40. The maximum atomic E-state index is 5.34. The van der Waals surface area contributed by atoms with Crippen LogP contribution in [0.25, 0.3) is 0 Å². The number of aliphatic imine (C=N–C) groups is 1. The van der Waals surface area contributed by atoms with Crippen LogP contribution in [0.15, 0.2) is 47.5 Å². The molecule has 0 fully saturated rings. The fourth-order valence-corrected chi connectivity index (χ4v) is 2.48. The van der Waals surface area contributed by atoms with Crippen molar-refractivity contribution in [3.05, 3.63) is 59.2 Å². The van der Waals surface area contributed by atoms with Gasteiger partial charge in [-0.3, -0.25) is 0 Å². The first-order valence-electron chi connectivity index (χ1n) is 8.45. The van der Waals surface area contributed by atoms with Crippen molar-refractivity contribution in [1.82, 2.24) is 10.6 Å². The van der Waals surface area contributed by atoms with E-state index in [1.54, 1.807) is 14.2 Å². The third-order valence-corrected chi connectivity index (χ3v) is 3.92. The van der Waals surface area contributed by atoms with Crippen LogP contribution < -0.4 is 20.1 Å². The smallest absolute Gasteiger partial charge is 0.191 e. The van der Waals surface area contributed by atoms with E-state index in [9.17, 15) is 0 Å². The molecule has 0 heterocycles. The Balaban J connectivity index is 0.00000338. The van der Waals surface area contributed by atoms with E-state index in [4.69, 9.17) is 9.47 Å². The number of hydrogen-bond donors (Lipinski definition) is 2. The fourth-order valence-electron chi connectivity index (χ4n) is 2.48. The zero-order chi connectivity index (χ0) is 18.1. The summed E-state index contributed by atoms with van der Waals surface area (Å²) < 4.78 is 10.6. The summed E-state index contributed by atoms with van der Waals surface area (Å²) in [5.41, 5.74) is 3.59. The summed E-state index contributed by atoms with van der Waals surface area (Å²) in [6, 6.07) is 14.2. The van der Waals surface area contributed by atoms with E-state index < -0.39 is 0 Å². The molecule has 0 unspecified atom stereocenters. The standard InChI is InChI=1S/C20H27N3O2.HI/c1-5-21-20(23-14-17-9-7-6-8-15(17)2)22-13-16-10-11-18(24-3)19(12-16)25-4;/h6-12H,5,13-14H2,1-4H3,(H2,21,22,23);1H. The Morgan fingerprint density at radius 1 is 1.00 bits per heavy atom. The normalized spacial score (nSPS) is 10.7. The minimum atomic E-state index is 0. The number of nitrogens with zero attached hydrogens (tertiary/aromatic N) is 1. The lowest BCUT2D eigenvalue weighted by atomic mass is 10.1. The second kappa shape index (κ2) is 11.6. The molecule has 0 saturated carbocycles. The van der Waals surface area contributed by atoms with E-state index in [1.807, 2.05) is 18.2 Å². The van der Waals surface area contributed by atoms with Crippen LogP contribution in [0.2, 0.25) is 0 Å². The minimum Gasteiger partial charge on any atom is -0.493 e. The van der Waals surface area contributed by atoms with Crippen molar-refractivity contribution in [2.45, 2.75) is 26.9 Å². The van der Waals surface area contributed by atoms with Crippen molar-refractivity contribution in [3.8, 4) is 11.5 Å². The van der Waals surface area contributed by atoms with Gasteiger partial charge in [0.2, 0.25) is 0 Å². The predicted molar refractivity (Wildman–Crippen MR) is 118 cm³/mol. The van der Waals surface area contributed by atoms with Crippen molar-refractivity contribution in [2.75, 3.05) is 20.8 Å². The predicted octanol–water partition coefficient (Wildman–Crippen LogP) is 3.89. The van der Waals surface area contributed by atoms with Crippen molar-refractivity contribution < 1.29 is 9.47 Å². The first-order chi connectivity index (χ1) is 12.2. The van der Waals surface area contributed by atoms with Gasteiger partial charge in [-0.25, -0.2) is 4.99 Å². The van der Waals surface area contributed by atoms with Gasteiger partial charge in [-0.05, 0) is 42.7 Å². The van der Waals surface area contributed by atoms with Crippen molar-refractivity contribution in [2.24, 2.45) is 4.99 Å². The number of nitrogens with one attached hydrogen (secondary N) is 2. The van der Waals surface area contributed by atoms with Crippen molar-refractivity contribution in [3.63, 3.8) is 0 Å². The largest absolute Gasteiger partial charge is 0.493 e. The summed E-state index contributed by atoms with van der Waals surface area (Å²) in [7, 11) is 3.27. The van der Waals surface area contributed by atoms with Gasteiger partial charge in [0.1, 0.15) is 0 Å². The van der Waals surface area contributed by atoms with Gasteiger partial charge in [0.25, 0.3) is 0 Å². The molecule has 2 aromatic carbocycles. The lowest BCUT2D eigenvalue weighted by molar-refractivity contribution is 0.354. The average molecular weight is 469 g/mol. The summed E-state index contributed by atoms with van der Waals surface area (Å²) in [6.07, 6.45) is 0. The van der Waals surface area contributed by atoms with E-state index in [0.717, 1.165) is 30.4 Å². The molecule has 0 saturated heterocycles. The second-order valence-electron chi connectivity index (χ2n) is 5.66. The zero-order valence-corrected chi connectivity index (χ0v) is 18.2. The summed E-state index contributed by atoms with van der Waals surface area (Å²) in [5.74, 6) is 2.23. The van der Waals surface area contributed by atoms with Crippen LogP contribution >= 0.6 is 24.0 Å². The van der Waals surface area contributed by atoms with Crippen molar-refractivity contribution in [1.29, 1.82) is 0 Å². The molecule has 2 N–H and O–H groups in total. The van der Waals surface area contributed by atoms with Gasteiger partial charge in [0, 0.05) is 13.1 Å². The lowest BCUT2D eigenvalue weighted by Crippen LogP contribution is -2.36. The number of rotatable bonds is 7. The van der Waals surface area contributed by atoms with Gasteiger partial charge in [-0.15, -0.1) is 24.0 Å². The molecular weight excluding hydrogens is 441 g/mol. The Hall–Kier alpha value is -1.96. The molecule has 26 heavy (non-hydrogen) atoms. The molecule has 0 aromatic heterocycles. The fraction of sp³-hybridized carbons (Fsp3) is 0.350. The van der Waals surface area contributed by atoms with E-state index in [-0.39, 0.29) is 24.0 Å². The molecule has 6 heteroatoms. The van der Waals surface area contributed by atoms with Gasteiger partial charge in [0.15, 0.2) is 17.5 Å². The number of hydrogen-bond acceptors (Lipinski definition) is 3. The molecule has 0 aliphatic rings. The molecular formula is C20H28IN3O2. The van der Waals surface area contributed by atoms with E-state index in [0.29, 0.717) is 12.3 Å². The summed E-state index contributed by atoms with van der Waals surface area (Å²) in [5, 5.41) is 6.66. The van der Waals surface area contributed by atoms with Gasteiger partial charge >= 0.3 is 0 Å². The quantitative estimate of drug-likeness (QED) is 0.367. The van der Waals surface area contributed by atoms with Crippen LogP contribution in [0.3, 0.4) is 0 Å². The monoisotopic (exact) mass is 469 g/mol. The van der Waals surface area contributed by atoms with Gasteiger partial charge < -0.3 is 20.1 Å². The molecule has 0 spiro atoms. The van der Waals surface area contributed by atoms with Gasteiger partial charge in [-0.1, -0.05) is 30.3 Å². The Morgan fingerprint density at radius 3 is 2.38 bits per heavy atom. The molecule has 2 aromatic rings. The molecule has 5 nitrogen and oxygen atoms in total. The Labute approximate surface area is 173 Å². The third-order valence-electron chi connectivity index (χ3n) is 3.92. The first-order valence-corrected chi connectivity index (χ1v) is 8.45. The second-order valence-corrected chi connectivity index (χ2v) is 5.66. The highest BCUT2D eigenvalue weighted by Gasteiger charge is 2.05. The molecule has 0 aliphatic heterocycles. The molecule has 0 aliphatic carbocycles. The summed E-state index contributed by atoms with van der Waals surface area (Å²) >= 11 is 0. The summed E-state index contributed by atoms with van der Waals surface area (Å²) in [6.45, 7) is 6.28. The van der Waals surface area contributed by atoms with Crippen LogP contribution in [0, 0.1) is 6.92 Å². The average Bonchev–Trinajstić information content (AvgIpc) is 2.64. The van der Waals surface area contributed by atoms with Crippen molar-refractivity contribution >= 4 is 29.9 Å². The van der Waals surface area contributed by atoms with E-state index in [1.165, 1.54) is 11.1 Å². The Morgan fingerprint density at radius 2 is 1.73 bits per heavy atom. The molecule has 0 amide bonds. The molecule has 0 atom stereocenters. The number of methoxy groups -OCH3 is 2. The van der Waals surface area contributed by atoms with Crippen LogP contribution in [-0.2, 0) is 13.1 Å². The number of halogens is 1. The molecule has 2 rings (SSSR count). The minimum absolute atomic E-state index is 0. The number of aryl methyl sites for hydroxylation is 1. The van der Waals surface area contributed by atoms with Crippen LogP contribution in [-0.4, -0.2) is 26.7 Å². The zero-order valence-electron chi connectivity index (χ0n) is 15.8. The Bertz CT molecular complexity index is 720. The first kappa shape index (κ1) is 22.1. The molecule has 0 bridgehead atoms. The molecule has 142 valence electrons. The topological polar surface area (TPSA) is 54.9 Å². The number of ether oxygens (including phenoxy) is 2. The highest BCUT2D eigenvalue weighted by atomic mass is 127.